The molecule has 0 saturated heterocycles. The lowest BCUT2D eigenvalue weighted by atomic mass is 10.1. The van der Waals surface area contributed by atoms with Gasteiger partial charge in [-0.3, -0.25) is 14.5 Å². The zero-order valence-electron chi connectivity index (χ0n) is 17.0. The fourth-order valence-electron chi connectivity index (χ4n) is 2.86. The summed E-state index contributed by atoms with van der Waals surface area (Å²) in [6, 6.07) is 17.1. The minimum Gasteiger partial charge on any atom is -0.497 e. The molecule has 0 aliphatic rings. The molecule has 1 atom stereocenters. The Labute approximate surface area is 167 Å². The predicted molar refractivity (Wildman–Crippen MR) is 111 cm³/mol. The summed E-state index contributed by atoms with van der Waals surface area (Å²) in [5.41, 5.74) is 1.75. The number of nitrogens with zero attached hydrogens (tertiary/aromatic N) is 2. The van der Waals surface area contributed by atoms with Gasteiger partial charge in [-0.1, -0.05) is 43.3 Å². The third-order valence-corrected chi connectivity index (χ3v) is 4.78. The number of carbonyl (C=O) groups excluding carboxylic acids is 2. The van der Waals surface area contributed by atoms with E-state index in [1.54, 1.807) is 31.2 Å². The zero-order valence-corrected chi connectivity index (χ0v) is 17.0. The molecule has 0 fully saturated rings. The molecular formula is C22H29N3O3. The Hall–Kier alpha value is -2.86. The number of ether oxygens (including phenoxy) is 1. The van der Waals surface area contributed by atoms with Crippen molar-refractivity contribution < 1.29 is 14.3 Å². The molecule has 6 nitrogen and oxygen atoms in total. The molecule has 2 aromatic carbocycles. The summed E-state index contributed by atoms with van der Waals surface area (Å²) in [4.78, 5) is 28.6. The van der Waals surface area contributed by atoms with Gasteiger partial charge >= 0.3 is 0 Å². The van der Waals surface area contributed by atoms with Crippen LogP contribution in [0.2, 0.25) is 0 Å². The second-order valence-electron chi connectivity index (χ2n) is 6.67. The topological polar surface area (TPSA) is 61.9 Å². The van der Waals surface area contributed by atoms with Gasteiger partial charge in [0, 0.05) is 18.8 Å². The first-order chi connectivity index (χ1) is 13.4. The zero-order chi connectivity index (χ0) is 20.5. The van der Waals surface area contributed by atoms with E-state index in [9.17, 15) is 9.59 Å². The van der Waals surface area contributed by atoms with E-state index < -0.39 is 0 Å². The number of hydrogen-bond acceptors (Lipinski definition) is 4. The number of benzene rings is 2. The summed E-state index contributed by atoms with van der Waals surface area (Å²) in [5.74, 6) is 0.492. The summed E-state index contributed by atoms with van der Waals surface area (Å²) >= 11 is 0. The number of carbonyl (C=O) groups is 2. The number of rotatable bonds is 9. The third kappa shape index (κ3) is 6.09. The van der Waals surface area contributed by atoms with Crippen molar-refractivity contribution in [3.8, 4) is 5.75 Å². The predicted octanol–water partition coefficient (Wildman–Crippen LogP) is 3.18. The van der Waals surface area contributed by atoms with Gasteiger partial charge in [0.25, 0.3) is 0 Å². The van der Waals surface area contributed by atoms with Crippen molar-refractivity contribution in [3.63, 3.8) is 0 Å². The lowest BCUT2D eigenvalue weighted by Gasteiger charge is -2.28. The molecule has 0 bridgehead atoms. The van der Waals surface area contributed by atoms with Crippen molar-refractivity contribution in [2.45, 2.75) is 19.9 Å². The third-order valence-electron chi connectivity index (χ3n) is 4.78. The molecule has 0 aromatic heterocycles. The summed E-state index contributed by atoms with van der Waals surface area (Å²) < 4.78 is 5.16. The van der Waals surface area contributed by atoms with Gasteiger partial charge < -0.3 is 15.0 Å². The average Bonchev–Trinajstić information content (AvgIpc) is 2.72. The van der Waals surface area contributed by atoms with Gasteiger partial charge in [-0.05, 0) is 31.2 Å². The maximum atomic E-state index is 12.7. The molecule has 0 saturated carbocycles. The van der Waals surface area contributed by atoms with E-state index >= 15 is 0 Å². The molecule has 0 aliphatic heterocycles. The van der Waals surface area contributed by atoms with Gasteiger partial charge in [-0.2, -0.15) is 0 Å². The van der Waals surface area contributed by atoms with Crippen molar-refractivity contribution in [3.05, 3.63) is 60.2 Å². The minimum atomic E-state index is -0.165. The van der Waals surface area contributed by atoms with Gasteiger partial charge in [0.2, 0.25) is 11.8 Å². The highest BCUT2D eigenvalue weighted by molar-refractivity contribution is 5.92. The summed E-state index contributed by atoms with van der Waals surface area (Å²) in [5, 5.41) is 2.85. The first kappa shape index (κ1) is 21.4. The lowest BCUT2D eigenvalue weighted by molar-refractivity contribution is -0.133. The molecule has 0 spiro atoms. The number of nitrogens with one attached hydrogen (secondary N) is 1. The van der Waals surface area contributed by atoms with Crippen LogP contribution in [-0.4, -0.2) is 55.4 Å². The molecule has 0 heterocycles. The first-order valence-electron chi connectivity index (χ1n) is 9.41. The largest absolute Gasteiger partial charge is 0.497 e. The molecule has 150 valence electrons. The fourth-order valence-corrected chi connectivity index (χ4v) is 2.86. The van der Waals surface area contributed by atoms with Crippen LogP contribution in [0.5, 0.6) is 5.75 Å². The Morgan fingerprint density at radius 2 is 1.79 bits per heavy atom. The monoisotopic (exact) mass is 383 g/mol. The quantitative estimate of drug-likeness (QED) is 0.722. The fraction of sp³-hybridized carbons (Fsp3) is 0.364. The molecular weight excluding hydrogens is 354 g/mol. The molecule has 2 aromatic rings. The number of methoxy groups -OCH3 is 1. The van der Waals surface area contributed by atoms with Gasteiger partial charge in [0.05, 0.1) is 26.2 Å². The number of anilines is 1. The van der Waals surface area contributed by atoms with Crippen molar-refractivity contribution in [2.24, 2.45) is 0 Å². The summed E-state index contributed by atoms with van der Waals surface area (Å²) in [6.45, 7) is 4.87. The summed E-state index contributed by atoms with van der Waals surface area (Å²) in [6.07, 6.45) is 0. The van der Waals surface area contributed by atoms with Crippen LogP contribution < -0.4 is 10.1 Å². The smallest absolute Gasteiger partial charge is 0.238 e. The van der Waals surface area contributed by atoms with Gasteiger partial charge in [0.1, 0.15) is 5.75 Å². The highest BCUT2D eigenvalue weighted by Gasteiger charge is 2.20. The Morgan fingerprint density at radius 1 is 1.07 bits per heavy atom. The van der Waals surface area contributed by atoms with E-state index in [-0.39, 0.29) is 30.9 Å². The molecule has 0 unspecified atom stereocenters. The Morgan fingerprint density at radius 3 is 2.43 bits per heavy atom. The number of amides is 2. The van der Waals surface area contributed by atoms with Crippen molar-refractivity contribution in [1.29, 1.82) is 0 Å². The van der Waals surface area contributed by atoms with Crippen LogP contribution in [0.15, 0.2) is 54.6 Å². The van der Waals surface area contributed by atoms with E-state index in [0.29, 0.717) is 18.0 Å². The van der Waals surface area contributed by atoms with Crippen LogP contribution in [0.3, 0.4) is 0 Å². The van der Waals surface area contributed by atoms with Crippen LogP contribution >= 0.6 is 0 Å². The van der Waals surface area contributed by atoms with Crippen LogP contribution in [0.1, 0.15) is 25.5 Å². The first-order valence-corrected chi connectivity index (χ1v) is 9.41. The molecule has 28 heavy (non-hydrogen) atoms. The van der Waals surface area contributed by atoms with Crippen LogP contribution in [-0.2, 0) is 9.59 Å². The molecule has 2 amide bonds. The molecule has 6 heteroatoms. The Balaban J connectivity index is 1.91. The van der Waals surface area contributed by atoms with Gasteiger partial charge in [-0.15, -0.1) is 0 Å². The normalized spacial score (nSPS) is 11.8. The molecule has 1 N–H and O–H groups in total. The van der Waals surface area contributed by atoms with E-state index in [0.717, 1.165) is 5.56 Å². The Kier molecular flexibility index (Phi) is 8.02. The van der Waals surface area contributed by atoms with Crippen molar-refractivity contribution >= 4 is 17.5 Å². The van der Waals surface area contributed by atoms with E-state index in [1.165, 1.54) is 0 Å². The van der Waals surface area contributed by atoms with E-state index in [4.69, 9.17) is 4.74 Å². The van der Waals surface area contributed by atoms with E-state index in [2.05, 4.69) is 5.32 Å². The lowest BCUT2D eigenvalue weighted by Crippen LogP contribution is -2.42. The molecule has 0 radical (unpaired) electrons. The second-order valence-corrected chi connectivity index (χ2v) is 6.67. The Bertz CT molecular complexity index is 780. The summed E-state index contributed by atoms with van der Waals surface area (Å²) in [7, 11) is 3.38. The average molecular weight is 383 g/mol. The van der Waals surface area contributed by atoms with Crippen molar-refractivity contribution in [1.82, 2.24) is 9.80 Å². The highest BCUT2D eigenvalue weighted by Crippen LogP contribution is 2.19. The van der Waals surface area contributed by atoms with Crippen molar-refractivity contribution in [2.75, 3.05) is 39.1 Å². The van der Waals surface area contributed by atoms with Crippen LogP contribution in [0.25, 0.3) is 0 Å². The van der Waals surface area contributed by atoms with E-state index in [1.807, 2.05) is 61.2 Å². The molecule has 0 aliphatic carbocycles. The number of hydrogen-bond donors (Lipinski definition) is 1. The molecule has 2 rings (SSSR count). The van der Waals surface area contributed by atoms with Crippen LogP contribution in [0.4, 0.5) is 5.69 Å². The maximum Gasteiger partial charge on any atom is 0.238 e. The maximum absolute atomic E-state index is 12.7. The van der Waals surface area contributed by atoms with Crippen LogP contribution in [0, 0.1) is 0 Å². The second kappa shape index (κ2) is 10.5. The standard InChI is InChI=1S/C22H29N3O3/c1-5-25(15-21(26)23-19-12-9-13-20(14-19)28-4)16-22(27)24(3)17(2)18-10-7-6-8-11-18/h6-14,17H,5,15-16H2,1-4H3,(H,23,26)/t17-/m1/s1. The SMILES string of the molecule is CCN(CC(=O)Nc1cccc(OC)c1)CC(=O)N(C)[C@H](C)c1ccccc1. The van der Waals surface area contributed by atoms with Gasteiger partial charge in [0.15, 0.2) is 0 Å². The highest BCUT2D eigenvalue weighted by atomic mass is 16.5. The minimum absolute atomic E-state index is 0.0209. The van der Waals surface area contributed by atoms with Gasteiger partial charge in [-0.25, -0.2) is 0 Å². The number of likely N-dealkylation sites (N-methyl/N-ethyl adjacent to an activating group) is 2.